The van der Waals surface area contributed by atoms with Crippen LogP contribution in [0.2, 0.25) is 0 Å². The van der Waals surface area contributed by atoms with Crippen LogP contribution < -0.4 is 16.8 Å². The first kappa shape index (κ1) is 41.2. The zero-order valence-corrected chi connectivity index (χ0v) is 32.6. The summed E-state index contributed by atoms with van der Waals surface area (Å²) in [6, 6.07) is 0.385. The third-order valence-electron chi connectivity index (χ3n) is 12.3. The molecule has 0 radical (unpaired) electrons. The summed E-state index contributed by atoms with van der Waals surface area (Å²) in [4.78, 5) is 35.5. The van der Waals surface area contributed by atoms with Crippen molar-refractivity contribution < 1.29 is 23.8 Å². The first-order chi connectivity index (χ1) is 25.5. The van der Waals surface area contributed by atoms with Gasteiger partial charge in [0.05, 0.1) is 6.04 Å². The van der Waals surface area contributed by atoms with Crippen molar-refractivity contribution in [3.63, 3.8) is 0 Å². The summed E-state index contributed by atoms with van der Waals surface area (Å²) in [6.45, 7) is 4.43. The monoisotopic (exact) mass is 731 g/mol. The highest BCUT2D eigenvalue weighted by Gasteiger charge is 2.58. The Labute approximate surface area is 315 Å². The summed E-state index contributed by atoms with van der Waals surface area (Å²) in [5.41, 5.74) is 10.4. The van der Waals surface area contributed by atoms with Crippen LogP contribution in [-0.2, 0) is 23.8 Å². The molecule has 0 aromatic heterocycles. The van der Waals surface area contributed by atoms with Crippen LogP contribution in [0.5, 0.6) is 0 Å². The lowest BCUT2D eigenvalue weighted by Crippen LogP contribution is -2.68. The number of guanidine groups is 1. The Bertz CT molecular complexity index is 1090. The van der Waals surface area contributed by atoms with Crippen LogP contribution in [0.4, 0.5) is 0 Å². The highest BCUT2D eigenvalue weighted by Crippen LogP contribution is 2.46. The van der Waals surface area contributed by atoms with Crippen molar-refractivity contribution in [2.24, 2.45) is 16.5 Å². The van der Waals surface area contributed by atoms with E-state index >= 15 is 0 Å². The minimum absolute atomic E-state index is 0.0443. The van der Waals surface area contributed by atoms with Crippen molar-refractivity contribution in [3.8, 4) is 0 Å². The van der Waals surface area contributed by atoms with Gasteiger partial charge in [-0.3, -0.25) is 9.59 Å². The highest BCUT2D eigenvalue weighted by molar-refractivity contribution is 5.84. The molecule has 52 heavy (non-hydrogen) atoms. The van der Waals surface area contributed by atoms with Gasteiger partial charge in [0.15, 0.2) is 11.7 Å². The maximum Gasteiger partial charge on any atom is 0.306 e. The molecule has 4 fully saturated rings. The van der Waals surface area contributed by atoms with Gasteiger partial charge < -0.3 is 40.8 Å². The van der Waals surface area contributed by atoms with Gasteiger partial charge in [0.25, 0.3) is 0 Å². The molecule has 298 valence electrons. The van der Waals surface area contributed by atoms with E-state index in [4.69, 9.17) is 30.7 Å². The Kier molecular flexibility index (Phi) is 17.3. The zero-order valence-electron chi connectivity index (χ0n) is 32.6. The quantitative estimate of drug-likeness (QED) is 0.0777. The zero-order chi connectivity index (χ0) is 36.5. The molecule has 5 aliphatic rings. The number of hydrogen-bond acceptors (Lipinski definition) is 10. The van der Waals surface area contributed by atoms with Gasteiger partial charge in [0.2, 0.25) is 5.91 Å². The van der Waals surface area contributed by atoms with Gasteiger partial charge in [-0.25, -0.2) is 4.99 Å². The fourth-order valence-corrected chi connectivity index (χ4v) is 9.37. The molecule has 11 nitrogen and oxygen atoms in total. The van der Waals surface area contributed by atoms with Crippen molar-refractivity contribution in [2.45, 2.75) is 203 Å². The Morgan fingerprint density at radius 1 is 0.750 bits per heavy atom. The summed E-state index contributed by atoms with van der Waals surface area (Å²) >= 11 is 0. The number of nitrogens with one attached hydrogen (secondary N) is 1. The van der Waals surface area contributed by atoms with E-state index in [-0.39, 0.29) is 35.8 Å². The first-order valence-electron chi connectivity index (χ1n) is 21.8. The summed E-state index contributed by atoms with van der Waals surface area (Å²) < 4.78 is 19.2. The lowest BCUT2D eigenvalue weighted by atomic mass is 9.91. The molecule has 0 bridgehead atoms. The SMILES string of the molecule is NCCCCN(CCCN)C(=O)CCCCCCCCCCCCCCC(=O)O[C@H]1C[C@H]2C[C@@]3(CCCCO3)NC3=N[C@]4(CCCCCO4)C[C@H]1N32. The molecular weight excluding hydrogens is 656 g/mol. The molecule has 11 heteroatoms. The smallest absolute Gasteiger partial charge is 0.306 e. The fourth-order valence-electron chi connectivity index (χ4n) is 9.37. The van der Waals surface area contributed by atoms with Gasteiger partial charge >= 0.3 is 5.97 Å². The number of unbranched alkanes of at least 4 members (excludes halogenated alkanes) is 12. The van der Waals surface area contributed by atoms with Crippen molar-refractivity contribution in [2.75, 3.05) is 39.4 Å². The second-order valence-electron chi connectivity index (χ2n) is 16.5. The third kappa shape index (κ3) is 12.3. The molecule has 4 saturated heterocycles. The largest absolute Gasteiger partial charge is 0.460 e. The molecule has 0 aromatic carbocycles. The molecule has 5 heterocycles. The van der Waals surface area contributed by atoms with Crippen LogP contribution >= 0.6 is 0 Å². The predicted octanol–water partition coefficient (Wildman–Crippen LogP) is 6.66. The topological polar surface area (TPSA) is 145 Å². The van der Waals surface area contributed by atoms with Gasteiger partial charge in [0, 0.05) is 64.4 Å². The molecule has 5 rings (SSSR count). The van der Waals surface area contributed by atoms with E-state index in [1.54, 1.807) is 0 Å². The Morgan fingerprint density at radius 2 is 1.38 bits per heavy atom. The molecular formula is C41H74N6O5. The molecule has 0 aromatic rings. The Balaban J connectivity index is 0.914. The number of amides is 1. The van der Waals surface area contributed by atoms with Crippen LogP contribution in [0.1, 0.15) is 173 Å². The number of nitrogens with zero attached hydrogens (tertiary/aromatic N) is 3. The van der Waals surface area contributed by atoms with E-state index < -0.39 is 5.72 Å². The predicted molar refractivity (Wildman–Crippen MR) is 207 cm³/mol. The van der Waals surface area contributed by atoms with Crippen LogP contribution in [0.15, 0.2) is 4.99 Å². The molecule has 2 spiro atoms. The number of hydrogen-bond donors (Lipinski definition) is 3. The van der Waals surface area contributed by atoms with E-state index in [0.717, 1.165) is 135 Å². The van der Waals surface area contributed by atoms with Gasteiger partial charge in [-0.1, -0.05) is 70.6 Å². The minimum Gasteiger partial charge on any atom is -0.460 e. The van der Waals surface area contributed by atoms with Crippen molar-refractivity contribution in [3.05, 3.63) is 0 Å². The summed E-state index contributed by atoms with van der Waals surface area (Å²) in [5.74, 6) is 1.15. The standard InChI is InChI=1S/C41H74N6O5/c42-25-16-17-27-46(28-20-26-43)37(48)21-12-9-7-5-3-1-2-4-6-8-10-13-22-38(49)52-36-31-34-32-40(24-15-19-30-50-40)44-39-45-41(33-35(36)47(34)39)23-14-11-18-29-51-41/h34-36H,1-33,42-43H2,(H,44,45)/t34-,35+,36-,40-,41-/m0/s1. The molecule has 5 aliphatic heterocycles. The third-order valence-corrected chi connectivity index (χ3v) is 12.3. The second-order valence-corrected chi connectivity index (χ2v) is 16.5. The summed E-state index contributed by atoms with van der Waals surface area (Å²) in [6.07, 6.45) is 28.2. The lowest BCUT2D eigenvalue weighted by Gasteiger charge is -2.52. The number of aliphatic imine (C=N–C) groups is 1. The summed E-state index contributed by atoms with van der Waals surface area (Å²) in [7, 11) is 0. The number of ether oxygens (including phenoxy) is 3. The van der Waals surface area contributed by atoms with Gasteiger partial charge in [-0.05, 0) is 83.7 Å². The van der Waals surface area contributed by atoms with Crippen LogP contribution in [0.25, 0.3) is 0 Å². The molecule has 5 atom stereocenters. The average molecular weight is 731 g/mol. The molecule has 5 N–H and O–H groups in total. The number of rotatable bonds is 23. The number of carbonyl (C=O) groups excluding carboxylic acids is 2. The van der Waals surface area contributed by atoms with Crippen LogP contribution in [-0.4, -0.2) is 96.7 Å². The highest BCUT2D eigenvalue weighted by atomic mass is 16.5. The van der Waals surface area contributed by atoms with Crippen molar-refractivity contribution in [1.29, 1.82) is 0 Å². The fraction of sp³-hybridized carbons (Fsp3) is 0.927. The number of esters is 1. The lowest BCUT2D eigenvalue weighted by molar-refractivity contribution is -0.152. The average Bonchev–Trinajstić information content (AvgIpc) is 3.30. The Morgan fingerprint density at radius 3 is 2.08 bits per heavy atom. The van der Waals surface area contributed by atoms with E-state index in [0.29, 0.717) is 25.9 Å². The first-order valence-corrected chi connectivity index (χ1v) is 21.8. The van der Waals surface area contributed by atoms with Gasteiger partial charge in [-0.15, -0.1) is 0 Å². The normalized spacial score (nSPS) is 28.3. The maximum atomic E-state index is 13.2. The van der Waals surface area contributed by atoms with Gasteiger partial charge in [0.1, 0.15) is 11.8 Å². The Hall–Kier alpha value is -1.95. The maximum absolute atomic E-state index is 13.2. The van der Waals surface area contributed by atoms with Crippen molar-refractivity contribution in [1.82, 2.24) is 15.1 Å². The van der Waals surface area contributed by atoms with E-state index in [1.807, 2.05) is 4.90 Å². The second kappa shape index (κ2) is 21.8. The molecule has 1 amide bonds. The molecule has 0 unspecified atom stereocenters. The van der Waals surface area contributed by atoms with Crippen molar-refractivity contribution >= 4 is 17.8 Å². The molecule has 0 saturated carbocycles. The van der Waals surface area contributed by atoms with Crippen LogP contribution in [0, 0.1) is 0 Å². The summed E-state index contributed by atoms with van der Waals surface area (Å²) in [5, 5.41) is 3.75. The van der Waals surface area contributed by atoms with Gasteiger partial charge in [-0.2, -0.15) is 0 Å². The van der Waals surface area contributed by atoms with E-state index in [2.05, 4.69) is 10.2 Å². The molecule has 0 aliphatic carbocycles. The minimum atomic E-state index is -0.522. The number of carbonyl (C=O) groups is 2. The van der Waals surface area contributed by atoms with E-state index in [9.17, 15) is 9.59 Å². The van der Waals surface area contributed by atoms with E-state index in [1.165, 1.54) is 57.8 Å². The van der Waals surface area contributed by atoms with Crippen LogP contribution in [0.3, 0.4) is 0 Å². The number of nitrogens with two attached hydrogens (primary N) is 2.